The summed E-state index contributed by atoms with van der Waals surface area (Å²) in [6.07, 6.45) is 0. The van der Waals surface area contributed by atoms with Crippen molar-refractivity contribution in [3.05, 3.63) is 200 Å². The zero-order chi connectivity index (χ0) is 36.3. The third-order valence-corrected chi connectivity index (χ3v) is 11.0. The number of hydrogen-bond donors (Lipinski definition) is 0. The summed E-state index contributed by atoms with van der Waals surface area (Å²) in [6.45, 7) is 0. The normalized spacial score (nSPS) is 11.6. The van der Waals surface area contributed by atoms with Gasteiger partial charge in [-0.1, -0.05) is 158 Å². The van der Waals surface area contributed by atoms with Crippen LogP contribution in [0.25, 0.3) is 105 Å². The highest BCUT2D eigenvalue weighted by molar-refractivity contribution is 6.21. The lowest BCUT2D eigenvalue weighted by Crippen LogP contribution is -1.97. The second-order valence-corrected chi connectivity index (χ2v) is 14.2. The summed E-state index contributed by atoms with van der Waals surface area (Å²) in [6, 6.07) is 71.5. The Hall–Kier alpha value is -7.36. The summed E-state index contributed by atoms with van der Waals surface area (Å²) in [5.41, 5.74) is 10.9. The summed E-state index contributed by atoms with van der Waals surface area (Å²) in [7, 11) is 0. The van der Waals surface area contributed by atoms with E-state index in [4.69, 9.17) is 9.97 Å². The van der Waals surface area contributed by atoms with Crippen molar-refractivity contribution in [2.45, 2.75) is 0 Å². The van der Waals surface area contributed by atoms with Crippen LogP contribution in [0.4, 0.5) is 0 Å². The Balaban J connectivity index is 1.08. The molecule has 0 radical (unpaired) electrons. The van der Waals surface area contributed by atoms with E-state index in [1.165, 1.54) is 59.7 Å². The molecule has 2 heterocycles. The van der Waals surface area contributed by atoms with E-state index < -0.39 is 0 Å². The number of rotatable bonds is 5. The molecule has 55 heavy (non-hydrogen) atoms. The zero-order valence-corrected chi connectivity index (χ0v) is 29.9. The zero-order valence-electron chi connectivity index (χ0n) is 29.9. The Morgan fingerprint density at radius 1 is 0.327 bits per heavy atom. The molecule has 0 aliphatic rings. The molecule has 11 rings (SSSR count). The minimum absolute atomic E-state index is 0.707. The second kappa shape index (κ2) is 12.6. The summed E-state index contributed by atoms with van der Waals surface area (Å²) in [5, 5.41) is 9.68. The van der Waals surface area contributed by atoms with Crippen LogP contribution in [0.2, 0.25) is 0 Å². The van der Waals surface area contributed by atoms with Gasteiger partial charge in [-0.3, -0.25) is 0 Å². The Bertz CT molecular complexity index is 3230. The van der Waals surface area contributed by atoms with Crippen LogP contribution in [0.5, 0.6) is 0 Å². The largest absolute Gasteiger partial charge is 0.309 e. The van der Waals surface area contributed by atoms with Gasteiger partial charge in [-0.25, -0.2) is 9.97 Å². The van der Waals surface area contributed by atoms with Gasteiger partial charge in [0.05, 0.1) is 22.4 Å². The molecule has 2 aromatic heterocycles. The predicted octanol–water partition coefficient (Wildman–Crippen LogP) is 13.7. The monoisotopic (exact) mass is 699 g/mol. The molecular weight excluding hydrogens is 667 g/mol. The van der Waals surface area contributed by atoms with Crippen molar-refractivity contribution < 1.29 is 0 Å². The molecule has 0 atom stereocenters. The molecule has 0 bridgehead atoms. The fourth-order valence-electron chi connectivity index (χ4n) is 8.39. The van der Waals surface area contributed by atoms with Gasteiger partial charge >= 0.3 is 0 Å². The minimum atomic E-state index is 0.707. The number of benzene rings is 9. The molecule has 0 saturated carbocycles. The first kappa shape index (κ1) is 31.2. The Kier molecular flexibility index (Phi) is 7.17. The molecule has 3 nitrogen and oxygen atoms in total. The van der Waals surface area contributed by atoms with Crippen molar-refractivity contribution in [2.24, 2.45) is 0 Å². The maximum absolute atomic E-state index is 5.34. The van der Waals surface area contributed by atoms with Gasteiger partial charge in [0.1, 0.15) is 0 Å². The maximum Gasteiger partial charge on any atom is 0.160 e. The van der Waals surface area contributed by atoms with Gasteiger partial charge in [0, 0.05) is 33.2 Å². The van der Waals surface area contributed by atoms with Gasteiger partial charge in [-0.2, -0.15) is 0 Å². The molecule has 0 N–H and O–H groups in total. The van der Waals surface area contributed by atoms with E-state index in [0.29, 0.717) is 5.82 Å². The van der Waals surface area contributed by atoms with E-state index >= 15 is 0 Å². The summed E-state index contributed by atoms with van der Waals surface area (Å²) in [4.78, 5) is 10.6. The lowest BCUT2D eigenvalue weighted by molar-refractivity contribution is 1.18. The standard InChI is InChI=1S/C52H33N3/c1-3-14-37(15-4-1)52-53-46(33-47(54-52)51-43-20-10-8-16-39(43)31-40-28-25-35-13-7-9-19-42(35)50(40)51)36-26-23-34(24-27-36)38-29-30-49-45(32-38)44-21-11-12-22-48(44)55(49)41-17-5-2-6-18-41/h1-33H. The maximum atomic E-state index is 5.34. The topological polar surface area (TPSA) is 30.7 Å². The average Bonchev–Trinajstić information content (AvgIpc) is 3.60. The van der Waals surface area contributed by atoms with Gasteiger partial charge in [-0.05, 0) is 85.9 Å². The highest BCUT2D eigenvalue weighted by Gasteiger charge is 2.18. The van der Waals surface area contributed by atoms with Crippen molar-refractivity contribution in [2.75, 3.05) is 0 Å². The molecule has 0 spiro atoms. The van der Waals surface area contributed by atoms with Crippen LogP contribution in [-0.4, -0.2) is 14.5 Å². The first-order chi connectivity index (χ1) is 27.3. The summed E-state index contributed by atoms with van der Waals surface area (Å²) < 4.78 is 2.36. The van der Waals surface area contributed by atoms with E-state index in [1.807, 2.05) is 6.07 Å². The van der Waals surface area contributed by atoms with Crippen molar-refractivity contribution in [1.82, 2.24) is 14.5 Å². The fourth-order valence-corrected chi connectivity index (χ4v) is 8.39. The molecule has 3 heteroatoms. The van der Waals surface area contributed by atoms with E-state index in [1.54, 1.807) is 0 Å². The van der Waals surface area contributed by atoms with E-state index in [0.717, 1.165) is 39.3 Å². The number of fused-ring (bicyclic) bond motifs is 7. The van der Waals surface area contributed by atoms with Crippen LogP contribution in [0.3, 0.4) is 0 Å². The van der Waals surface area contributed by atoms with E-state index in [9.17, 15) is 0 Å². The number of aromatic nitrogens is 3. The smallest absolute Gasteiger partial charge is 0.160 e. The van der Waals surface area contributed by atoms with Gasteiger partial charge in [-0.15, -0.1) is 0 Å². The van der Waals surface area contributed by atoms with Crippen molar-refractivity contribution in [3.63, 3.8) is 0 Å². The van der Waals surface area contributed by atoms with Crippen molar-refractivity contribution >= 4 is 54.1 Å². The van der Waals surface area contributed by atoms with Gasteiger partial charge < -0.3 is 4.57 Å². The van der Waals surface area contributed by atoms with Crippen molar-refractivity contribution in [1.29, 1.82) is 0 Å². The number of nitrogens with zero attached hydrogens (tertiary/aromatic N) is 3. The quantitative estimate of drug-likeness (QED) is 0.132. The Morgan fingerprint density at radius 2 is 0.927 bits per heavy atom. The van der Waals surface area contributed by atoms with Crippen LogP contribution >= 0.6 is 0 Å². The average molecular weight is 700 g/mol. The molecule has 0 fully saturated rings. The lowest BCUT2D eigenvalue weighted by atomic mass is 9.90. The first-order valence-corrected chi connectivity index (χ1v) is 18.7. The summed E-state index contributed by atoms with van der Waals surface area (Å²) >= 11 is 0. The summed E-state index contributed by atoms with van der Waals surface area (Å²) in [5.74, 6) is 0.707. The molecule has 11 aromatic rings. The van der Waals surface area contributed by atoms with Crippen LogP contribution in [0.15, 0.2) is 200 Å². The van der Waals surface area contributed by atoms with Crippen LogP contribution in [0, 0.1) is 0 Å². The van der Waals surface area contributed by atoms with Crippen LogP contribution < -0.4 is 0 Å². The second-order valence-electron chi connectivity index (χ2n) is 14.2. The van der Waals surface area contributed by atoms with Crippen LogP contribution in [-0.2, 0) is 0 Å². The van der Waals surface area contributed by atoms with E-state index in [-0.39, 0.29) is 0 Å². The van der Waals surface area contributed by atoms with Crippen LogP contribution in [0.1, 0.15) is 0 Å². The molecular formula is C52H33N3. The van der Waals surface area contributed by atoms with E-state index in [2.05, 4.69) is 199 Å². The van der Waals surface area contributed by atoms with Gasteiger partial charge in [0.15, 0.2) is 5.82 Å². The molecule has 0 amide bonds. The highest BCUT2D eigenvalue weighted by atomic mass is 15.0. The molecule has 0 aliphatic carbocycles. The third-order valence-electron chi connectivity index (χ3n) is 11.0. The molecule has 9 aromatic carbocycles. The predicted molar refractivity (Wildman–Crippen MR) is 231 cm³/mol. The SMILES string of the molecule is c1ccc(-c2nc(-c3ccc(-c4ccc5c(c4)c4ccccc4n5-c4ccccc4)cc3)cc(-c3c4ccccc4cc4ccc5ccccc5c34)n2)cc1. The Labute approximate surface area is 318 Å². The molecule has 0 aliphatic heterocycles. The first-order valence-electron chi connectivity index (χ1n) is 18.7. The number of para-hydroxylation sites is 2. The fraction of sp³-hybridized carbons (Fsp3) is 0. The third kappa shape index (κ3) is 5.20. The van der Waals surface area contributed by atoms with Gasteiger partial charge in [0.2, 0.25) is 0 Å². The number of hydrogen-bond acceptors (Lipinski definition) is 2. The molecule has 0 unspecified atom stereocenters. The Morgan fingerprint density at radius 3 is 1.75 bits per heavy atom. The molecule has 256 valence electrons. The lowest BCUT2D eigenvalue weighted by Gasteiger charge is -2.16. The minimum Gasteiger partial charge on any atom is -0.309 e. The van der Waals surface area contributed by atoms with Crippen molar-refractivity contribution in [3.8, 4) is 50.7 Å². The van der Waals surface area contributed by atoms with Gasteiger partial charge in [0.25, 0.3) is 0 Å². The highest BCUT2D eigenvalue weighted by Crippen LogP contribution is 2.41. The molecule has 0 saturated heterocycles.